The number of nitrogens with zero attached hydrogens (tertiary/aromatic N) is 2. The first kappa shape index (κ1) is 34.2. The molecule has 0 aliphatic rings. The highest BCUT2D eigenvalue weighted by Gasteiger charge is 2.14. The smallest absolute Gasteiger partial charge is 0.0462 e. The van der Waals surface area contributed by atoms with Gasteiger partial charge in [0.05, 0.1) is 0 Å². The maximum Gasteiger partial charge on any atom is 0.0462 e. The van der Waals surface area contributed by atoms with Crippen LogP contribution in [0.1, 0.15) is 22.3 Å². The molecule has 0 heterocycles. The minimum absolute atomic E-state index is 1.12. The van der Waals surface area contributed by atoms with E-state index in [2.05, 4.69) is 242 Å². The monoisotopic (exact) mass is 694 g/mol. The maximum atomic E-state index is 2.31. The molecule has 2 nitrogen and oxygen atoms in total. The lowest BCUT2D eigenvalue weighted by molar-refractivity contribution is 1.27. The summed E-state index contributed by atoms with van der Waals surface area (Å²) in [4.78, 5) is 4.59. The van der Waals surface area contributed by atoms with Crippen LogP contribution in [0.3, 0.4) is 0 Å². The van der Waals surface area contributed by atoms with Gasteiger partial charge in [0.15, 0.2) is 0 Å². The molecule has 8 rings (SSSR count). The Bertz CT molecular complexity index is 2350. The van der Waals surface area contributed by atoms with E-state index in [-0.39, 0.29) is 0 Å². The van der Waals surface area contributed by atoms with Gasteiger partial charge >= 0.3 is 0 Å². The van der Waals surface area contributed by atoms with Gasteiger partial charge in [0, 0.05) is 34.1 Å². The number of hydrogen-bond acceptors (Lipinski definition) is 2. The molecule has 0 aliphatic carbocycles. The largest absolute Gasteiger partial charge is 0.311 e. The van der Waals surface area contributed by atoms with Crippen molar-refractivity contribution < 1.29 is 0 Å². The van der Waals surface area contributed by atoms with Crippen molar-refractivity contribution in [3.05, 3.63) is 229 Å². The van der Waals surface area contributed by atoms with Gasteiger partial charge in [-0.05, 0) is 120 Å². The van der Waals surface area contributed by atoms with Gasteiger partial charge in [-0.25, -0.2) is 0 Å². The van der Waals surface area contributed by atoms with E-state index in [1.54, 1.807) is 0 Å². The van der Waals surface area contributed by atoms with Gasteiger partial charge < -0.3 is 9.80 Å². The minimum Gasteiger partial charge on any atom is -0.311 e. The Morgan fingerprint density at radius 1 is 0.259 bits per heavy atom. The van der Waals surface area contributed by atoms with E-state index in [0.29, 0.717) is 0 Å². The van der Waals surface area contributed by atoms with Crippen LogP contribution in [0, 0.1) is 13.8 Å². The molecule has 260 valence electrons. The minimum atomic E-state index is 1.12. The third kappa shape index (κ3) is 7.79. The van der Waals surface area contributed by atoms with E-state index in [1.807, 2.05) is 0 Å². The Morgan fingerprint density at radius 2 is 0.500 bits per heavy atom. The predicted octanol–water partition coefficient (Wildman–Crippen LogP) is 14.7. The summed E-state index contributed by atoms with van der Waals surface area (Å²) < 4.78 is 0. The molecule has 2 heteroatoms. The molecule has 0 spiro atoms. The molecule has 0 atom stereocenters. The number of para-hydroxylation sites is 2. The van der Waals surface area contributed by atoms with Gasteiger partial charge in [-0.3, -0.25) is 0 Å². The molecule has 0 bridgehead atoms. The summed E-state index contributed by atoms with van der Waals surface area (Å²) in [5.41, 5.74) is 16.4. The molecule has 0 amide bonds. The molecular formula is C52H42N2. The molecule has 0 radical (unpaired) electrons. The summed E-state index contributed by atoms with van der Waals surface area (Å²) in [7, 11) is 0. The first-order valence-electron chi connectivity index (χ1n) is 18.5. The molecule has 54 heavy (non-hydrogen) atoms. The summed E-state index contributed by atoms with van der Waals surface area (Å²) in [6.07, 6.45) is 4.35. The summed E-state index contributed by atoms with van der Waals surface area (Å²) >= 11 is 0. The number of hydrogen-bond donors (Lipinski definition) is 0. The Kier molecular flexibility index (Phi) is 9.99. The zero-order chi connectivity index (χ0) is 36.7. The average Bonchev–Trinajstić information content (AvgIpc) is 3.23. The fourth-order valence-corrected chi connectivity index (χ4v) is 6.81. The average molecular weight is 695 g/mol. The van der Waals surface area contributed by atoms with E-state index in [0.717, 1.165) is 39.7 Å². The van der Waals surface area contributed by atoms with E-state index >= 15 is 0 Å². The van der Waals surface area contributed by atoms with Crippen LogP contribution in [0.4, 0.5) is 34.1 Å². The third-order valence-electron chi connectivity index (χ3n) is 9.82. The van der Waals surface area contributed by atoms with E-state index in [9.17, 15) is 0 Å². The molecule has 0 saturated carbocycles. The number of benzene rings is 8. The van der Waals surface area contributed by atoms with Gasteiger partial charge in [0.25, 0.3) is 0 Å². The second-order valence-electron chi connectivity index (χ2n) is 13.7. The van der Waals surface area contributed by atoms with Crippen LogP contribution in [0.25, 0.3) is 34.4 Å². The van der Waals surface area contributed by atoms with E-state index < -0.39 is 0 Å². The molecular weight excluding hydrogens is 653 g/mol. The zero-order valence-corrected chi connectivity index (χ0v) is 30.7. The molecule has 0 aliphatic heterocycles. The lowest BCUT2D eigenvalue weighted by Gasteiger charge is -2.26. The van der Waals surface area contributed by atoms with Gasteiger partial charge in [-0.2, -0.15) is 0 Å². The summed E-state index contributed by atoms with van der Waals surface area (Å²) in [5.74, 6) is 0. The van der Waals surface area contributed by atoms with Crippen molar-refractivity contribution in [3.63, 3.8) is 0 Å². The third-order valence-corrected chi connectivity index (χ3v) is 9.82. The van der Waals surface area contributed by atoms with Crippen molar-refractivity contribution in [3.8, 4) is 22.3 Å². The topological polar surface area (TPSA) is 6.48 Å². The normalized spacial score (nSPS) is 11.1. The first-order chi connectivity index (χ1) is 26.6. The quantitative estimate of drug-likeness (QED) is 0.132. The lowest BCUT2D eigenvalue weighted by atomic mass is 9.99. The molecule has 0 saturated heterocycles. The van der Waals surface area contributed by atoms with Crippen molar-refractivity contribution in [2.45, 2.75) is 13.8 Å². The van der Waals surface area contributed by atoms with Gasteiger partial charge in [-0.1, -0.05) is 157 Å². The highest BCUT2D eigenvalue weighted by Crippen LogP contribution is 2.37. The van der Waals surface area contributed by atoms with Gasteiger partial charge in [0.1, 0.15) is 0 Å². The highest BCUT2D eigenvalue weighted by molar-refractivity contribution is 5.80. The van der Waals surface area contributed by atoms with Crippen LogP contribution in [0.15, 0.2) is 206 Å². The van der Waals surface area contributed by atoms with Gasteiger partial charge in [-0.15, -0.1) is 0 Å². The molecule has 8 aromatic carbocycles. The summed E-state index contributed by atoms with van der Waals surface area (Å²) in [6, 6.07) is 73.7. The molecule has 0 fully saturated rings. The fraction of sp³-hybridized carbons (Fsp3) is 0.0385. The van der Waals surface area contributed by atoms with Crippen LogP contribution in [-0.4, -0.2) is 0 Å². The number of aryl methyl sites for hydroxylation is 2. The highest BCUT2D eigenvalue weighted by atomic mass is 15.1. The molecule has 8 aromatic rings. The SMILES string of the molecule is Cc1ccc(N(c2ccc(C)cc2)c2ccc(-c3ccc(-c4ccc(C=Cc5ccc(N(c6ccccc6)c6ccccc6)cc5)cc4)cc3)cc2)cc1. The zero-order valence-electron chi connectivity index (χ0n) is 30.7. The Hall–Kier alpha value is -6.90. The van der Waals surface area contributed by atoms with Crippen molar-refractivity contribution in [2.24, 2.45) is 0 Å². The van der Waals surface area contributed by atoms with E-state index in [1.165, 1.54) is 38.9 Å². The standard InChI is InChI=1S/C52H42N2/c1-39-13-31-49(32-14-39)54(50-33-15-40(2)16-34-50)52-37-29-46(30-38-52)45-27-25-44(26-28-45)43-23-19-41(20-24-43)17-18-42-21-35-51(36-22-42)53(47-9-5-3-6-10-47)48-11-7-4-8-12-48/h3-38H,1-2H3. The van der Waals surface area contributed by atoms with E-state index in [4.69, 9.17) is 0 Å². The van der Waals surface area contributed by atoms with Crippen LogP contribution < -0.4 is 9.80 Å². The summed E-state index contributed by atoms with van der Waals surface area (Å²) in [6.45, 7) is 4.25. The van der Waals surface area contributed by atoms with Crippen molar-refractivity contribution >= 4 is 46.3 Å². The number of anilines is 6. The fourth-order valence-electron chi connectivity index (χ4n) is 6.81. The Morgan fingerprint density at radius 3 is 0.852 bits per heavy atom. The van der Waals surface area contributed by atoms with Crippen LogP contribution in [0.2, 0.25) is 0 Å². The van der Waals surface area contributed by atoms with Crippen LogP contribution in [0.5, 0.6) is 0 Å². The Labute approximate surface area is 319 Å². The maximum absolute atomic E-state index is 2.31. The van der Waals surface area contributed by atoms with Crippen LogP contribution in [-0.2, 0) is 0 Å². The van der Waals surface area contributed by atoms with Crippen molar-refractivity contribution in [1.82, 2.24) is 0 Å². The van der Waals surface area contributed by atoms with Crippen LogP contribution >= 0.6 is 0 Å². The molecule has 0 aromatic heterocycles. The number of rotatable bonds is 10. The summed E-state index contributed by atoms with van der Waals surface area (Å²) in [5, 5.41) is 0. The van der Waals surface area contributed by atoms with Gasteiger partial charge in [0.2, 0.25) is 0 Å². The Balaban J connectivity index is 0.944. The lowest BCUT2D eigenvalue weighted by Crippen LogP contribution is -2.09. The second kappa shape index (κ2) is 15.8. The van der Waals surface area contributed by atoms with Crippen molar-refractivity contribution in [2.75, 3.05) is 9.80 Å². The predicted molar refractivity (Wildman–Crippen MR) is 232 cm³/mol. The molecule has 0 N–H and O–H groups in total. The second-order valence-corrected chi connectivity index (χ2v) is 13.7. The molecule has 0 unspecified atom stereocenters. The first-order valence-corrected chi connectivity index (χ1v) is 18.5. The van der Waals surface area contributed by atoms with Crippen molar-refractivity contribution in [1.29, 1.82) is 0 Å².